The van der Waals surface area contributed by atoms with Crippen LogP contribution in [-0.4, -0.2) is 41.0 Å². The van der Waals surface area contributed by atoms with E-state index >= 15 is 0 Å². The van der Waals surface area contributed by atoms with Gasteiger partial charge in [-0.05, 0) is 24.6 Å². The van der Waals surface area contributed by atoms with Crippen molar-refractivity contribution in [1.29, 1.82) is 0 Å². The third kappa shape index (κ3) is 5.07. The van der Waals surface area contributed by atoms with E-state index in [4.69, 9.17) is 9.47 Å². The number of hydrogen-bond donors (Lipinski definition) is 1. The standard InChI is InChI=1S/C28H24N2O6S/c1-4-14-35-20-13-9-12-19(16-20)22-21(23(31)18-10-7-6-8-11-18)24(32)26(33)30(22)28-29-17(3)25(37-28)27(34)36-15-5-2/h4-13,16,22,31H,1-2,14-15H2,3H3/b23-21+. The lowest BCUT2D eigenvalue weighted by atomic mass is 9.95. The molecule has 0 saturated carbocycles. The Labute approximate surface area is 217 Å². The molecule has 3 aromatic rings. The first-order valence-corrected chi connectivity index (χ1v) is 12.1. The maximum atomic E-state index is 13.4. The highest BCUT2D eigenvalue weighted by Crippen LogP contribution is 2.44. The summed E-state index contributed by atoms with van der Waals surface area (Å²) in [6, 6.07) is 14.3. The number of amides is 1. The first-order valence-electron chi connectivity index (χ1n) is 11.3. The van der Waals surface area contributed by atoms with Crippen molar-refractivity contribution in [2.45, 2.75) is 13.0 Å². The van der Waals surface area contributed by atoms with Crippen LogP contribution < -0.4 is 9.64 Å². The van der Waals surface area contributed by atoms with Crippen molar-refractivity contribution in [3.05, 3.63) is 107 Å². The molecule has 1 atom stereocenters. The summed E-state index contributed by atoms with van der Waals surface area (Å²) in [5.74, 6) is -2.18. The van der Waals surface area contributed by atoms with Crippen LogP contribution >= 0.6 is 11.3 Å². The molecule has 0 aliphatic carbocycles. The number of carbonyl (C=O) groups is 3. The first kappa shape index (κ1) is 25.6. The van der Waals surface area contributed by atoms with E-state index in [1.807, 2.05) is 0 Å². The molecular formula is C28H24N2O6S. The third-order valence-corrected chi connectivity index (χ3v) is 6.68. The van der Waals surface area contributed by atoms with E-state index in [1.165, 1.54) is 11.0 Å². The molecule has 1 aliphatic heterocycles. The average molecular weight is 517 g/mol. The fraction of sp³-hybridized carbons (Fsp3) is 0.143. The van der Waals surface area contributed by atoms with Crippen molar-refractivity contribution in [2.75, 3.05) is 18.1 Å². The van der Waals surface area contributed by atoms with Gasteiger partial charge < -0.3 is 14.6 Å². The smallest absolute Gasteiger partial charge is 0.350 e. The molecule has 1 aromatic heterocycles. The molecule has 9 heteroatoms. The zero-order valence-corrected chi connectivity index (χ0v) is 20.9. The van der Waals surface area contributed by atoms with Crippen LogP contribution in [0.15, 0.2) is 85.5 Å². The minimum atomic E-state index is -1.02. The van der Waals surface area contributed by atoms with Gasteiger partial charge in [0.25, 0.3) is 5.78 Å². The molecule has 1 unspecified atom stereocenters. The van der Waals surface area contributed by atoms with Crippen LogP contribution in [-0.2, 0) is 14.3 Å². The fourth-order valence-corrected chi connectivity index (χ4v) is 4.89. The molecule has 0 bridgehead atoms. The summed E-state index contributed by atoms with van der Waals surface area (Å²) in [4.78, 5) is 45.0. The largest absolute Gasteiger partial charge is 0.507 e. The van der Waals surface area contributed by atoms with Gasteiger partial charge in [0.1, 0.15) is 29.6 Å². The van der Waals surface area contributed by atoms with Crippen molar-refractivity contribution in [3.8, 4) is 5.75 Å². The van der Waals surface area contributed by atoms with Crippen molar-refractivity contribution in [1.82, 2.24) is 4.98 Å². The second-order valence-corrected chi connectivity index (χ2v) is 8.98. The number of nitrogens with zero attached hydrogens (tertiary/aromatic N) is 2. The van der Waals surface area contributed by atoms with E-state index < -0.39 is 23.7 Å². The van der Waals surface area contributed by atoms with Gasteiger partial charge in [0, 0.05) is 5.56 Å². The van der Waals surface area contributed by atoms with E-state index in [0.717, 1.165) is 11.3 Å². The van der Waals surface area contributed by atoms with Crippen LogP contribution in [0.1, 0.15) is 32.5 Å². The average Bonchev–Trinajstić information content (AvgIpc) is 3.42. The van der Waals surface area contributed by atoms with Crippen molar-refractivity contribution < 1.29 is 29.0 Å². The number of anilines is 1. The van der Waals surface area contributed by atoms with Gasteiger partial charge in [-0.15, -0.1) is 0 Å². The molecule has 4 rings (SSSR count). The van der Waals surface area contributed by atoms with Crippen LogP contribution in [0.5, 0.6) is 5.75 Å². The lowest BCUT2D eigenvalue weighted by Crippen LogP contribution is -2.29. The number of benzene rings is 2. The Kier molecular flexibility index (Phi) is 7.64. The Morgan fingerprint density at radius 3 is 2.54 bits per heavy atom. The normalized spacial score (nSPS) is 16.5. The van der Waals surface area contributed by atoms with Crippen LogP contribution in [0.4, 0.5) is 5.13 Å². The highest BCUT2D eigenvalue weighted by molar-refractivity contribution is 7.17. The summed E-state index contributed by atoms with van der Waals surface area (Å²) in [5, 5.41) is 11.3. The minimum absolute atomic E-state index is 0.0184. The van der Waals surface area contributed by atoms with E-state index in [-0.39, 0.29) is 34.6 Å². The summed E-state index contributed by atoms with van der Waals surface area (Å²) in [6.45, 7) is 9.07. The molecule has 1 saturated heterocycles. The van der Waals surface area contributed by atoms with Gasteiger partial charge >= 0.3 is 11.9 Å². The number of Topliss-reactive ketones (excluding diaryl/α,β-unsaturated/α-hetero) is 1. The molecule has 37 heavy (non-hydrogen) atoms. The SMILES string of the molecule is C=CCOC(=O)c1sc(N2C(=O)C(=O)/C(=C(/O)c3ccccc3)C2c2cccc(OCC=C)c2)nc1C. The number of esters is 1. The number of carbonyl (C=O) groups excluding carboxylic acids is 3. The lowest BCUT2D eigenvalue weighted by molar-refractivity contribution is -0.132. The van der Waals surface area contributed by atoms with Gasteiger partial charge in [-0.1, -0.05) is 79.1 Å². The van der Waals surface area contributed by atoms with Gasteiger partial charge in [0.05, 0.1) is 17.3 Å². The molecule has 8 nitrogen and oxygen atoms in total. The number of thiazole rings is 1. The number of hydrogen-bond acceptors (Lipinski definition) is 8. The second kappa shape index (κ2) is 11.0. The summed E-state index contributed by atoms with van der Waals surface area (Å²) >= 11 is 0.931. The van der Waals surface area contributed by atoms with Gasteiger partial charge in [-0.25, -0.2) is 9.78 Å². The summed E-state index contributed by atoms with van der Waals surface area (Å²) in [7, 11) is 0. The lowest BCUT2D eigenvalue weighted by Gasteiger charge is -2.23. The number of aromatic nitrogens is 1. The van der Waals surface area contributed by atoms with E-state index in [0.29, 0.717) is 22.6 Å². The molecule has 1 aliphatic rings. The number of ketones is 1. The van der Waals surface area contributed by atoms with Crippen LogP contribution in [0.2, 0.25) is 0 Å². The maximum absolute atomic E-state index is 13.4. The highest BCUT2D eigenvalue weighted by Gasteiger charge is 2.48. The van der Waals surface area contributed by atoms with E-state index in [1.54, 1.807) is 67.6 Å². The summed E-state index contributed by atoms with van der Waals surface area (Å²) < 4.78 is 10.8. The predicted molar refractivity (Wildman–Crippen MR) is 141 cm³/mol. The maximum Gasteiger partial charge on any atom is 0.350 e. The molecule has 0 spiro atoms. The molecular weight excluding hydrogens is 492 g/mol. The van der Waals surface area contributed by atoms with Crippen LogP contribution in [0, 0.1) is 6.92 Å². The molecule has 1 amide bonds. The fourth-order valence-electron chi connectivity index (χ4n) is 3.90. The van der Waals surface area contributed by atoms with Crippen molar-refractivity contribution in [2.24, 2.45) is 0 Å². The van der Waals surface area contributed by atoms with Crippen molar-refractivity contribution in [3.63, 3.8) is 0 Å². The van der Waals surface area contributed by atoms with Gasteiger partial charge in [0.15, 0.2) is 5.13 Å². The number of aryl methyl sites for hydroxylation is 1. The quantitative estimate of drug-likeness (QED) is 0.140. The molecule has 188 valence electrons. The number of aliphatic hydroxyl groups excluding tert-OH is 1. The third-order valence-electron chi connectivity index (χ3n) is 5.54. The van der Waals surface area contributed by atoms with Gasteiger partial charge in [0.2, 0.25) is 0 Å². The highest BCUT2D eigenvalue weighted by atomic mass is 32.1. The van der Waals surface area contributed by atoms with Gasteiger partial charge in [-0.2, -0.15) is 0 Å². The van der Waals surface area contributed by atoms with Crippen LogP contribution in [0.25, 0.3) is 5.76 Å². The topological polar surface area (TPSA) is 106 Å². The number of rotatable bonds is 9. The Morgan fingerprint density at radius 1 is 1.11 bits per heavy atom. The second-order valence-electron chi connectivity index (χ2n) is 8.01. The summed E-state index contributed by atoms with van der Waals surface area (Å²) in [5.41, 5.74) is 1.15. The molecule has 0 radical (unpaired) electrons. The molecule has 1 fully saturated rings. The van der Waals surface area contributed by atoms with E-state index in [9.17, 15) is 19.5 Å². The zero-order chi connectivity index (χ0) is 26.5. The van der Waals surface area contributed by atoms with Crippen molar-refractivity contribution >= 4 is 39.9 Å². The first-order chi connectivity index (χ1) is 17.9. The Hall–Kier alpha value is -4.50. The minimum Gasteiger partial charge on any atom is -0.507 e. The number of ether oxygens (including phenoxy) is 2. The molecule has 1 N–H and O–H groups in total. The predicted octanol–water partition coefficient (Wildman–Crippen LogP) is 4.99. The van der Waals surface area contributed by atoms with Gasteiger partial charge in [-0.3, -0.25) is 14.5 Å². The monoisotopic (exact) mass is 516 g/mol. The number of aliphatic hydroxyl groups is 1. The van der Waals surface area contributed by atoms with E-state index in [2.05, 4.69) is 18.1 Å². The molecule has 2 aromatic carbocycles. The Morgan fingerprint density at radius 2 is 1.84 bits per heavy atom. The Bertz CT molecular complexity index is 1410. The van der Waals surface area contributed by atoms with Crippen LogP contribution in [0.3, 0.4) is 0 Å². The Balaban J connectivity index is 1.88. The molecule has 2 heterocycles. The zero-order valence-electron chi connectivity index (χ0n) is 20.0. The summed E-state index contributed by atoms with van der Waals surface area (Å²) in [6.07, 6.45) is 3.04.